The zero-order valence-corrected chi connectivity index (χ0v) is 11.1. The van der Waals surface area contributed by atoms with Crippen LogP contribution < -0.4 is 4.74 Å². The van der Waals surface area contributed by atoms with E-state index in [2.05, 4.69) is 0 Å². The van der Waals surface area contributed by atoms with Crippen LogP contribution in [0.4, 0.5) is 0 Å². The number of carbonyl (C=O) groups is 2. The van der Waals surface area contributed by atoms with Gasteiger partial charge in [0.25, 0.3) is 0 Å². The first-order valence-electron chi connectivity index (χ1n) is 5.84. The fourth-order valence-electron chi connectivity index (χ4n) is 1.47. The Morgan fingerprint density at radius 3 is 2.50 bits per heavy atom. The lowest BCUT2D eigenvalue weighted by atomic mass is 10.1. The number of hydrogen-bond donors (Lipinski definition) is 0. The Balaban J connectivity index is 2.74. The predicted molar refractivity (Wildman–Crippen MR) is 67.9 cm³/mol. The first-order chi connectivity index (χ1) is 8.40. The fourth-order valence-corrected chi connectivity index (χ4v) is 1.47. The monoisotopic (exact) mass is 250 g/mol. The molecule has 1 rings (SSSR count). The van der Waals surface area contributed by atoms with Crippen LogP contribution in [0.1, 0.15) is 36.7 Å². The van der Waals surface area contributed by atoms with E-state index in [1.54, 1.807) is 26.0 Å². The molecule has 0 aliphatic carbocycles. The third-order valence-corrected chi connectivity index (χ3v) is 2.23. The molecule has 0 saturated heterocycles. The van der Waals surface area contributed by atoms with E-state index in [0.717, 1.165) is 5.56 Å². The van der Waals surface area contributed by atoms with E-state index in [4.69, 9.17) is 9.47 Å². The van der Waals surface area contributed by atoms with Gasteiger partial charge >= 0.3 is 5.97 Å². The molecule has 0 aliphatic rings. The lowest BCUT2D eigenvalue weighted by Crippen LogP contribution is -2.19. The van der Waals surface area contributed by atoms with Crippen LogP contribution in [0.3, 0.4) is 0 Å². The molecule has 4 nitrogen and oxygen atoms in total. The molecule has 18 heavy (non-hydrogen) atoms. The maximum Gasteiger partial charge on any atom is 0.344 e. The number of esters is 1. The van der Waals surface area contributed by atoms with Crippen molar-refractivity contribution in [2.24, 2.45) is 0 Å². The van der Waals surface area contributed by atoms with Gasteiger partial charge in [0.15, 0.2) is 12.4 Å². The van der Waals surface area contributed by atoms with Crippen molar-refractivity contribution < 1.29 is 19.1 Å². The molecule has 0 heterocycles. The van der Waals surface area contributed by atoms with Crippen molar-refractivity contribution in [3.05, 3.63) is 29.3 Å². The quantitative estimate of drug-likeness (QED) is 0.595. The van der Waals surface area contributed by atoms with Crippen molar-refractivity contribution >= 4 is 11.8 Å². The summed E-state index contributed by atoms with van der Waals surface area (Å²) >= 11 is 0. The van der Waals surface area contributed by atoms with Gasteiger partial charge in [0.2, 0.25) is 0 Å². The molecule has 0 aromatic heterocycles. The maximum atomic E-state index is 11.4. The summed E-state index contributed by atoms with van der Waals surface area (Å²) < 4.78 is 10.3. The molecule has 0 unspecified atom stereocenters. The Kier molecular flexibility index (Phi) is 4.89. The molecule has 0 atom stereocenters. The molecule has 0 amide bonds. The van der Waals surface area contributed by atoms with Gasteiger partial charge in [-0.2, -0.15) is 0 Å². The third kappa shape index (κ3) is 4.20. The Morgan fingerprint density at radius 2 is 1.94 bits per heavy atom. The SMILES string of the molecule is CC(=O)c1ccc(C)cc1OCC(=O)OC(C)C. The normalized spacial score (nSPS) is 10.3. The van der Waals surface area contributed by atoms with Crippen LogP contribution in [0.25, 0.3) is 0 Å². The van der Waals surface area contributed by atoms with Gasteiger partial charge in [-0.25, -0.2) is 4.79 Å². The summed E-state index contributed by atoms with van der Waals surface area (Å²) in [4.78, 5) is 22.8. The van der Waals surface area contributed by atoms with Gasteiger partial charge in [-0.15, -0.1) is 0 Å². The first-order valence-corrected chi connectivity index (χ1v) is 5.84. The predicted octanol–water partition coefficient (Wildman–Crippen LogP) is 2.53. The molecule has 0 N–H and O–H groups in total. The number of ketones is 1. The van der Waals surface area contributed by atoms with E-state index in [1.165, 1.54) is 6.92 Å². The van der Waals surface area contributed by atoms with Crippen LogP contribution in [0.2, 0.25) is 0 Å². The van der Waals surface area contributed by atoms with Crippen LogP contribution in [0.5, 0.6) is 5.75 Å². The molecular weight excluding hydrogens is 232 g/mol. The van der Waals surface area contributed by atoms with Crippen LogP contribution in [-0.4, -0.2) is 24.5 Å². The zero-order valence-electron chi connectivity index (χ0n) is 11.1. The number of ether oxygens (including phenoxy) is 2. The first kappa shape index (κ1) is 14.2. The molecule has 0 spiro atoms. The number of Topliss-reactive ketones (excluding diaryl/α,β-unsaturated/α-hetero) is 1. The summed E-state index contributed by atoms with van der Waals surface area (Å²) in [5.41, 5.74) is 1.44. The molecule has 0 bridgehead atoms. The highest BCUT2D eigenvalue weighted by molar-refractivity contribution is 5.97. The van der Waals surface area contributed by atoms with Gasteiger partial charge in [0, 0.05) is 0 Å². The van der Waals surface area contributed by atoms with Crippen molar-refractivity contribution in [3.8, 4) is 5.75 Å². The molecule has 0 aliphatic heterocycles. The number of aryl methyl sites for hydroxylation is 1. The highest BCUT2D eigenvalue weighted by Crippen LogP contribution is 2.20. The molecule has 0 fully saturated rings. The minimum atomic E-state index is -0.444. The molecule has 1 aromatic rings. The summed E-state index contributed by atoms with van der Waals surface area (Å²) in [6, 6.07) is 5.26. The second-order valence-corrected chi connectivity index (χ2v) is 4.38. The van der Waals surface area contributed by atoms with Crippen molar-refractivity contribution in [2.75, 3.05) is 6.61 Å². The van der Waals surface area contributed by atoms with E-state index in [-0.39, 0.29) is 18.5 Å². The van der Waals surface area contributed by atoms with Crippen molar-refractivity contribution in [3.63, 3.8) is 0 Å². The summed E-state index contributed by atoms with van der Waals surface area (Å²) in [6.07, 6.45) is -0.175. The number of rotatable bonds is 5. The molecule has 4 heteroatoms. The van der Waals surface area contributed by atoms with Crippen molar-refractivity contribution in [1.82, 2.24) is 0 Å². The second-order valence-electron chi connectivity index (χ2n) is 4.38. The molecule has 98 valence electrons. The minimum Gasteiger partial charge on any atom is -0.481 e. The van der Waals surface area contributed by atoms with Crippen LogP contribution in [0.15, 0.2) is 18.2 Å². The largest absolute Gasteiger partial charge is 0.481 e. The standard InChI is InChI=1S/C14H18O4/c1-9(2)18-14(16)8-17-13-7-10(3)5-6-12(13)11(4)15/h5-7,9H,8H2,1-4H3. The molecular formula is C14H18O4. The average molecular weight is 250 g/mol. The highest BCUT2D eigenvalue weighted by Gasteiger charge is 2.12. The molecule has 0 saturated carbocycles. The van der Waals surface area contributed by atoms with Gasteiger partial charge in [-0.1, -0.05) is 6.07 Å². The minimum absolute atomic E-state index is 0.0952. The van der Waals surface area contributed by atoms with Gasteiger partial charge in [-0.05, 0) is 45.4 Å². The lowest BCUT2D eigenvalue weighted by Gasteiger charge is -2.11. The smallest absolute Gasteiger partial charge is 0.344 e. The summed E-state index contributed by atoms with van der Waals surface area (Å²) in [5, 5.41) is 0. The Hall–Kier alpha value is -1.84. The van der Waals surface area contributed by atoms with Gasteiger partial charge < -0.3 is 9.47 Å². The number of hydrogen-bond acceptors (Lipinski definition) is 4. The van der Waals surface area contributed by atoms with Gasteiger partial charge in [-0.3, -0.25) is 4.79 Å². The topological polar surface area (TPSA) is 52.6 Å². The van der Waals surface area contributed by atoms with Crippen LogP contribution >= 0.6 is 0 Å². The average Bonchev–Trinajstić information content (AvgIpc) is 2.25. The van der Waals surface area contributed by atoms with E-state index in [0.29, 0.717) is 11.3 Å². The van der Waals surface area contributed by atoms with Crippen LogP contribution in [-0.2, 0) is 9.53 Å². The summed E-state index contributed by atoms with van der Waals surface area (Å²) in [7, 11) is 0. The van der Waals surface area contributed by atoms with Crippen molar-refractivity contribution in [2.45, 2.75) is 33.8 Å². The van der Waals surface area contributed by atoms with E-state index in [1.807, 2.05) is 13.0 Å². The molecule has 0 radical (unpaired) electrons. The van der Waals surface area contributed by atoms with E-state index < -0.39 is 5.97 Å². The van der Waals surface area contributed by atoms with Gasteiger partial charge in [0.1, 0.15) is 5.75 Å². The van der Waals surface area contributed by atoms with E-state index >= 15 is 0 Å². The Bertz CT molecular complexity index is 449. The lowest BCUT2D eigenvalue weighted by molar-refractivity contribution is -0.149. The third-order valence-electron chi connectivity index (χ3n) is 2.23. The Labute approximate surface area is 107 Å². The van der Waals surface area contributed by atoms with Crippen LogP contribution in [0, 0.1) is 6.92 Å². The summed E-state index contributed by atoms with van der Waals surface area (Å²) in [6.45, 7) is 6.70. The molecule has 1 aromatic carbocycles. The van der Waals surface area contributed by atoms with Crippen molar-refractivity contribution in [1.29, 1.82) is 0 Å². The zero-order chi connectivity index (χ0) is 13.7. The number of benzene rings is 1. The highest BCUT2D eigenvalue weighted by atomic mass is 16.6. The van der Waals surface area contributed by atoms with E-state index in [9.17, 15) is 9.59 Å². The number of carbonyl (C=O) groups excluding carboxylic acids is 2. The second kappa shape index (κ2) is 6.19. The Morgan fingerprint density at radius 1 is 1.28 bits per heavy atom. The maximum absolute atomic E-state index is 11.4. The summed E-state index contributed by atoms with van der Waals surface area (Å²) in [5.74, 6) is -0.119. The van der Waals surface area contributed by atoms with Gasteiger partial charge in [0.05, 0.1) is 11.7 Å². The fraction of sp³-hybridized carbons (Fsp3) is 0.429.